The zero-order chi connectivity index (χ0) is 11.1. The van der Waals surface area contributed by atoms with Crippen molar-refractivity contribution < 1.29 is 0 Å². The van der Waals surface area contributed by atoms with Gasteiger partial charge in [-0.25, -0.2) is 0 Å². The van der Waals surface area contributed by atoms with Crippen LogP contribution in [0.5, 0.6) is 0 Å². The number of hydrogen-bond donors (Lipinski definition) is 1. The van der Waals surface area contributed by atoms with E-state index in [0.29, 0.717) is 5.88 Å². The molecule has 2 nitrogen and oxygen atoms in total. The molecular weight excluding hydrogens is 208 g/mol. The predicted molar refractivity (Wildman–Crippen MR) is 66.5 cm³/mol. The molecule has 1 N–H and O–H groups in total. The molecule has 1 heterocycles. The van der Waals surface area contributed by atoms with E-state index in [-0.39, 0.29) is 0 Å². The number of aryl methyl sites for hydroxylation is 1. The van der Waals surface area contributed by atoms with Crippen molar-refractivity contribution in [2.45, 2.75) is 26.7 Å². The normalized spacial score (nSPS) is 9.80. The molecule has 82 valence electrons. The van der Waals surface area contributed by atoms with Crippen LogP contribution in [0.15, 0.2) is 24.3 Å². The molecule has 0 radical (unpaired) electrons. The van der Waals surface area contributed by atoms with Gasteiger partial charge < -0.3 is 0 Å². The van der Waals surface area contributed by atoms with E-state index in [0.717, 1.165) is 18.4 Å². The molecule has 0 spiro atoms. The third-order valence-corrected chi connectivity index (χ3v) is 2.37. The highest BCUT2D eigenvalue weighted by atomic mass is 35.5. The first-order valence-corrected chi connectivity index (χ1v) is 5.93. The Bertz CT molecular complexity index is 395. The van der Waals surface area contributed by atoms with Crippen molar-refractivity contribution in [3.05, 3.63) is 30.0 Å². The number of para-hydroxylation sites is 1. The van der Waals surface area contributed by atoms with E-state index in [2.05, 4.69) is 16.3 Å². The van der Waals surface area contributed by atoms with Crippen LogP contribution < -0.4 is 0 Å². The van der Waals surface area contributed by atoms with Crippen LogP contribution >= 0.6 is 11.6 Å². The Hall–Kier alpha value is -1.02. The number of aromatic amines is 1. The van der Waals surface area contributed by atoms with E-state index in [1.54, 1.807) is 0 Å². The number of H-pyrrole nitrogens is 1. The lowest BCUT2D eigenvalue weighted by Crippen LogP contribution is -1.86. The molecule has 2 aromatic rings. The fourth-order valence-electron chi connectivity index (χ4n) is 1.45. The average molecular weight is 225 g/mol. The van der Waals surface area contributed by atoms with Crippen molar-refractivity contribution in [2.24, 2.45) is 0 Å². The molecule has 0 aliphatic rings. The molecule has 1 aromatic heterocycles. The first kappa shape index (κ1) is 12.1. The third kappa shape index (κ3) is 2.96. The van der Waals surface area contributed by atoms with Gasteiger partial charge in [-0.05, 0) is 18.9 Å². The van der Waals surface area contributed by atoms with Crippen LogP contribution in [0.2, 0.25) is 0 Å². The van der Waals surface area contributed by atoms with E-state index in [9.17, 15) is 0 Å². The van der Waals surface area contributed by atoms with Crippen LogP contribution in [0.4, 0.5) is 0 Å². The van der Waals surface area contributed by atoms with E-state index < -0.39 is 0 Å². The molecule has 0 unspecified atom stereocenters. The van der Waals surface area contributed by atoms with Crippen LogP contribution in [0.3, 0.4) is 0 Å². The van der Waals surface area contributed by atoms with E-state index in [1.165, 1.54) is 11.1 Å². The Morgan fingerprint density at radius 3 is 2.73 bits per heavy atom. The Kier molecular flexibility index (Phi) is 5.19. The molecule has 3 heteroatoms. The maximum absolute atomic E-state index is 5.64. The van der Waals surface area contributed by atoms with Crippen molar-refractivity contribution in [1.82, 2.24) is 10.2 Å². The van der Waals surface area contributed by atoms with Crippen molar-refractivity contribution in [3.8, 4) is 0 Å². The fourth-order valence-corrected chi connectivity index (χ4v) is 1.58. The van der Waals surface area contributed by atoms with Crippen LogP contribution in [-0.4, -0.2) is 16.1 Å². The summed E-state index contributed by atoms with van der Waals surface area (Å²) in [5.41, 5.74) is 2.23. The molecule has 0 bridgehead atoms. The maximum atomic E-state index is 5.64. The van der Waals surface area contributed by atoms with Gasteiger partial charge in [0.1, 0.15) is 0 Å². The maximum Gasteiger partial charge on any atom is 0.0923 e. The lowest BCUT2D eigenvalue weighted by atomic mass is 10.1. The second-order valence-corrected chi connectivity index (χ2v) is 3.39. The summed E-state index contributed by atoms with van der Waals surface area (Å²) in [5.74, 6) is 0.702. The SMILES string of the molecule is CC.ClCCCc1[nH]nc2ccccc12. The molecule has 1 aromatic carbocycles. The zero-order valence-corrected chi connectivity index (χ0v) is 10.0. The number of fused-ring (bicyclic) bond motifs is 1. The van der Waals surface area contributed by atoms with Gasteiger partial charge in [0.2, 0.25) is 0 Å². The lowest BCUT2D eigenvalue weighted by Gasteiger charge is -1.94. The Morgan fingerprint density at radius 1 is 1.27 bits per heavy atom. The Morgan fingerprint density at radius 2 is 2.00 bits per heavy atom. The van der Waals surface area contributed by atoms with Crippen LogP contribution in [-0.2, 0) is 6.42 Å². The lowest BCUT2D eigenvalue weighted by molar-refractivity contribution is 0.879. The van der Waals surface area contributed by atoms with E-state index in [1.807, 2.05) is 32.0 Å². The minimum Gasteiger partial charge on any atom is -0.281 e. The van der Waals surface area contributed by atoms with Gasteiger partial charge in [-0.1, -0.05) is 32.0 Å². The Balaban J connectivity index is 0.000000531. The number of nitrogens with one attached hydrogen (secondary N) is 1. The summed E-state index contributed by atoms with van der Waals surface area (Å²) < 4.78 is 0. The largest absolute Gasteiger partial charge is 0.281 e. The van der Waals surface area contributed by atoms with Crippen LogP contribution in [0.25, 0.3) is 10.9 Å². The smallest absolute Gasteiger partial charge is 0.0923 e. The molecule has 0 fully saturated rings. The molecular formula is C12H17ClN2. The fraction of sp³-hybridized carbons (Fsp3) is 0.417. The molecule has 0 aliphatic carbocycles. The summed E-state index contributed by atoms with van der Waals surface area (Å²) in [4.78, 5) is 0. The van der Waals surface area contributed by atoms with Gasteiger partial charge >= 0.3 is 0 Å². The Labute approximate surface area is 95.6 Å². The van der Waals surface area contributed by atoms with E-state index >= 15 is 0 Å². The van der Waals surface area contributed by atoms with Crippen molar-refractivity contribution in [2.75, 3.05) is 5.88 Å². The van der Waals surface area contributed by atoms with Gasteiger partial charge in [0.25, 0.3) is 0 Å². The first-order valence-electron chi connectivity index (χ1n) is 5.40. The summed E-state index contributed by atoms with van der Waals surface area (Å²) in [6.45, 7) is 4.00. The highest BCUT2D eigenvalue weighted by molar-refractivity contribution is 6.17. The second-order valence-electron chi connectivity index (χ2n) is 3.01. The summed E-state index contributed by atoms with van der Waals surface area (Å²) in [5, 5.41) is 8.46. The molecule has 15 heavy (non-hydrogen) atoms. The number of aromatic nitrogens is 2. The molecule has 0 aliphatic heterocycles. The highest BCUT2D eigenvalue weighted by Gasteiger charge is 2.02. The molecule has 0 saturated carbocycles. The van der Waals surface area contributed by atoms with Gasteiger partial charge in [-0.3, -0.25) is 5.10 Å². The van der Waals surface area contributed by atoms with Crippen molar-refractivity contribution in [3.63, 3.8) is 0 Å². The standard InChI is InChI=1S/C10H11ClN2.C2H6/c11-7-3-6-10-8-4-1-2-5-9(8)12-13-10;1-2/h1-2,4-5H,3,6-7H2,(H,12,13);1-2H3. The number of nitrogens with zero attached hydrogens (tertiary/aromatic N) is 1. The second kappa shape index (κ2) is 6.46. The third-order valence-electron chi connectivity index (χ3n) is 2.10. The monoisotopic (exact) mass is 224 g/mol. The summed E-state index contributed by atoms with van der Waals surface area (Å²) in [6, 6.07) is 8.12. The van der Waals surface area contributed by atoms with Crippen LogP contribution in [0, 0.1) is 0 Å². The molecule has 2 rings (SSSR count). The summed E-state index contributed by atoms with van der Waals surface area (Å²) >= 11 is 5.64. The van der Waals surface area contributed by atoms with Crippen LogP contribution in [0.1, 0.15) is 26.0 Å². The quantitative estimate of drug-likeness (QED) is 0.791. The molecule has 0 atom stereocenters. The van der Waals surface area contributed by atoms with Crippen molar-refractivity contribution >= 4 is 22.5 Å². The summed E-state index contributed by atoms with van der Waals surface area (Å²) in [6.07, 6.45) is 1.97. The average Bonchev–Trinajstić information content (AvgIpc) is 2.72. The highest BCUT2D eigenvalue weighted by Crippen LogP contribution is 2.16. The van der Waals surface area contributed by atoms with Gasteiger partial charge in [-0.2, -0.15) is 5.10 Å². The van der Waals surface area contributed by atoms with Gasteiger partial charge in [-0.15, -0.1) is 11.6 Å². The topological polar surface area (TPSA) is 28.7 Å². The predicted octanol–water partition coefficient (Wildman–Crippen LogP) is 3.76. The zero-order valence-electron chi connectivity index (χ0n) is 9.26. The molecule has 0 amide bonds. The van der Waals surface area contributed by atoms with Gasteiger partial charge in [0.15, 0.2) is 0 Å². The minimum absolute atomic E-state index is 0.702. The number of rotatable bonds is 3. The number of halogens is 1. The van der Waals surface area contributed by atoms with E-state index in [4.69, 9.17) is 11.6 Å². The number of benzene rings is 1. The first-order chi connectivity index (χ1) is 7.42. The number of alkyl halides is 1. The molecule has 0 saturated heterocycles. The van der Waals surface area contributed by atoms with Gasteiger partial charge in [0, 0.05) is 17.0 Å². The number of hydrogen-bond acceptors (Lipinski definition) is 1. The van der Waals surface area contributed by atoms with Crippen molar-refractivity contribution in [1.29, 1.82) is 0 Å². The minimum atomic E-state index is 0.702. The van der Waals surface area contributed by atoms with Gasteiger partial charge in [0.05, 0.1) is 5.52 Å². The summed E-state index contributed by atoms with van der Waals surface area (Å²) in [7, 11) is 0.